The third kappa shape index (κ3) is 1.78. The lowest BCUT2D eigenvalue weighted by Gasteiger charge is -2.41. The van der Waals surface area contributed by atoms with Gasteiger partial charge in [0.25, 0.3) is 0 Å². The van der Waals surface area contributed by atoms with Gasteiger partial charge in [-0.15, -0.1) is 0 Å². The topological polar surface area (TPSA) is 46.5 Å². The summed E-state index contributed by atoms with van der Waals surface area (Å²) in [4.78, 5) is 11.3. The Kier molecular flexibility index (Phi) is 3.53. The van der Waals surface area contributed by atoms with Crippen LogP contribution >= 0.6 is 0 Å². The molecule has 2 unspecified atom stereocenters. The second-order valence-corrected chi connectivity index (χ2v) is 4.50. The SMILES string of the molecule is COC1(C(=O)O)CCCCC1C(C)C. The Labute approximate surface area is 85.5 Å². The number of aliphatic carboxylic acids is 1. The van der Waals surface area contributed by atoms with E-state index < -0.39 is 11.6 Å². The van der Waals surface area contributed by atoms with Gasteiger partial charge >= 0.3 is 5.97 Å². The molecule has 1 aliphatic carbocycles. The molecule has 14 heavy (non-hydrogen) atoms. The van der Waals surface area contributed by atoms with Crippen LogP contribution in [0.2, 0.25) is 0 Å². The van der Waals surface area contributed by atoms with Crippen LogP contribution in [-0.4, -0.2) is 23.8 Å². The molecule has 0 spiro atoms. The van der Waals surface area contributed by atoms with Gasteiger partial charge in [-0.3, -0.25) is 0 Å². The Balaban J connectivity index is 2.93. The van der Waals surface area contributed by atoms with Gasteiger partial charge in [0.2, 0.25) is 0 Å². The zero-order valence-electron chi connectivity index (χ0n) is 9.25. The van der Waals surface area contributed by atoms with Gasteiger partial charge in [0.05, 0.1) is 0 Å². The predicted octanol–water partition coefficient (Wildman–Crippen LogP) is 2.30. The van der Waals surface area contributed by atoms with Gasteiger partial charge < -0.3 is 9.84 Å². The summed E-state index contributed by atoms with van der Waals surface area (Å²) in [7, 11) is 1.52. The first-order valence-corrected chi connectivity index (χ1v) is 5.33. The summed E-state index contributed by atoms with van der Waals surface area (Å²) in [5.41, 5.74) is -0.924. The first-order chi connectivity index (χ1) is 6.54. The van der Waals surface area contributed by atoms with Crippen molar-refractivity contribution in [2.45, 2.75) is 45.1 Å². The predicted molar refractivity (Wildman–Crippen MR) is 54.2 cm³/mol. The van der Waals surface area contributed by atoms with Gasteiger partial charge in [-0.05, 0) is 25.2 Å². The fourth-order valence-electron chi connectivity index (χ4n) is 2.65. The van der Waals surface area contributed by atoms with E-state index in [4.69, 9.17) is 4.74 Å². The summed E-state index contributed by atoms with van der Waals surface area (Å²) >= 11 is 0. The van der Waals surface area contributed by atoms with E-state index in [1.165, 1.54) is 7.11 Å². The zero-order chi connectivity index (χ0) is 10.8. The van der Waals surface area contributed by atoms with Crippen molar-refractivity contribution in [3.05, 3.63) is 0 Å². The van der Waals surface area contributed by atoms with E-state index in [0.717, 1.165) is 19.3 Å². The van der Waals surface area contributed by atoms with Crippen molar-refractivity contribution in [2.24, 2.45) is 11.8 Å². The van der Waals surface area contributed by atoms with Gasteiger partial charge in [-0.2, -0.15) is 0 Å². The molecule has 0 amide bonds. The molecule has 1 aliphatic rings. The first kappa shape index (κ1) is 11.5. The first-order valence-electron chi connectivity index (χ1n) is 5.33. The van der Waals surface area contributed by atoms with Crippen molar-refractivity contribution < 1.29 is 14.6 Å². The fraction of sp³-hybridized carbons (Fsp3) is 0.909. The van der Waals surface area contributed by atoms with E-state index in [-0.39, 0.29) is 5.92 Å². The van der Waals surface area contributed by atoms with Crippen LogP contribution in [0.25, 0.3) is 0 Å². The smallest absolute Gasteiger partial charge is 0.336 e. The molecule has 1 saturated carbocycles. The van der Waals surface area contributed by atoms with Crippen molar-refractivity contribution in [1.29, 1.82) is 0 Å². The molecule has 1 N–H and O–H groups in total. The lowest BCUT2D eigenvalue weighted by Crippen LogP contribution is -2.51. The molecular weight excluding hydrogens is 180 g/mol. The van der Waals surface area contributed by atoms with Crippen LogP contribution in [0.1, 0.15) is 39.5 Å². The molecule has 3 nitrogen and oxygen atoms in total. The van der Waals surface area contributed by atoms with Crippen LogP contribution < -0.4 is 0 Å². The lowest BCUT2D eigenvalue weighted by molar-refractivity contribution is -0.178. The highest BCUT2D eigenvalue weighted by Gasteiger charge is 2.48. The number of hydrogen-bond acceptors (Lipinski definition) is 2. The molecule has 0 radical (unpaired) electrons. The summed E-state index contributed by atoms with van der Waals surface area (Å²) in [5, 5.41) is 9.28. The largest absolute Gasteiger partial charge is 0.479 e. The van der Waals surface area contributed by atoms with E-state index in [2.05, 4.69) is 13.8 Å². The molecule has 1 rings (SSSR count). The maximum atomic E-state index is 11.3. The molecule has 1 fully saturated rings. The Morgan fingerprint density at radius 3 is 2.50 bits per heavy atom. The van der Waals surface area contributed by atoms with Crippen LogP contribution in [0.5, 0.6) is 0 Å². The molecule has 0 aliphatic heterocycles. The van der Waals surface area contributed by atoms with Crippen molar-refractivity contribution in [2.75, 3.05) is 7.11 Å². The van der Waals surface area contributed by atoms with Crippen LogP contribution in [0, 0.1) is 11.8 Å². The fourth-order valence-corrected chi connectivity index (χ4v) is 2.65. The average molecular weight is 200 g/mol. The van der Waals surface area contributed by atoms with Gasteiger partial charge in [0, 0.05) is 13.0 Å². The maximum absolute atomic E-state index is 11.3. The number of hydrogen-bond donors (Lipinski definition) is 1. The number of ether oxygens (including phenoxy) is 1. The van der Waals surface area contributed by atoms with E-state index in [9.17, 15) is 9.90 Å². The minimum Gasteiger partial charge on any atom is -0.479 e. The molecule has 0 bridgehead atoms. The third-order valence-corrected chi connectivity index (χ3v) is 3.44. The molecular formula is C11H20O3. The molecule has 82 valence electrons. The highest BCUT2D eigenvalue weighted by Crippen LogP contribution is 2.40. The van der Waals surface area contributed by atoms with Crippen molar-refractivity contribution in [3.8, 4) is 0 Å². The number of carboxylic acids is 1. The second kappa shape index (κ2) is 4.30. The van der Waals surface area contributed by atoms with Gasteiger partial charge in [0.1, 0.15) is 0 Å². The Hall–Kier alpha value is -0.570. The third-order valence-electron chi connectivity index (χ3n) is 3.44. The summed E-state index contributed by atoms with van der Waals surface area (Å²) in [5.74, 6) is -0.275. The van der Waals surface area contributed by atoms with E-state index in [1.54, 1.807) is 0 Å². The maximum Gasteiger partial charge on any atom is 0.336 e. The summed E-state index contributed by atoms with van der Waals surface area (Å²) in [6.07, 6.45) is 3.71. The normalized spacial score (nSPS) is 33.3. The average Bonchev–Trinajstić information content (AvgIpc) is 2.17. The lowest BCUT2D eigenvalue weighted by atomic mass is 9.70. The Morgan fingerprint density at radius 1 is 1.50 bits per heavy atom. The number of carbonyl (C=O) groups is 1. The Bertz CT molecular complexity index is 213. The summed E-state index contributed by atoms with van der Waals surface area (Å²) < 4.78 is 5.31. The van der Waals surface area contributed by atoms with E-state index >= 15 is 0 Å². The van der Waals surface area contributed by atoms with Crippen LogP contribution in [0.3, 0.4) is 0 Å². The van der Waals surface area contributed by atoms with Crippen LogP contribution in [0.15, 0.2) is 0 Å². The molecule has 3 heteroatoms. The van der Waals surface area contributed by atoms with Gasteiger partial charge in [-0.25, -0.2) is 4.79 Å². The number of carboxylic acid groups (broad SMARTS) is 1. The Morgan fingerprint density at radius 2 is 2.14 bits per heavy atom. The number of rotatable bonds is 3. The van der Waals surface area contributed by atoms with Gasteiger partial charge in [-0.1, -0.05) is 20.3 Å². The standard InChI is InChI=1S/C11H20O3/c1-8(2)9-6-4-5-7-11(9,14-3)10(12)13/h8-9H,4-7H2,1-3H3,(H,12,13). The van der Waals surface area contributed by atoms with Crippen molar-refractivity contribution >= 4 is 5.97 Å². The molecule has 0 aromatic rings. The van der Waals surface area contributed by atoms with E-state index in [0.29, 0.717) is 12.3 Å². The minimum atomic E-state index is -0.924. The monoisotopic (exact) mass is 200 g/mol. The van der Waals surface area contributed by atoms with Crippen molar-refractivity contribution in [3.63, 3.8) is 0 Å². The second-order valence-electron chi connectivity index (χ2n) is 4.50. The molecule has 0 aromatic heterocycles. The molecule has 0 heterocycles. The van der Waals surface area contributed by atoms with Gasteiger partial charge in [0.15, 0.2) is 5.60 Å². The molecule has 2 atom stereocenters. The van der Waals surface area contributed by atoms with Crippen LogP contribution in [-0.2, 0) is 9.53 Å². The highest BCUT2D eigenvalue weighted by molar-refractivity contribution is 5.78. The number of methoxy groups -OCH3 is 1. The summed E-state index contributed by atoms with van der Waals surface area (Å²) in [6.45, 7) is 4.15. The quantitative estimate of drug-likeness (QED) is 0.760. The zero-order valence-corrected chi connectivity index (χ0v) is 9.25. The van der Waals surface area contributed by atoms with Crippen molar-refractivity contribution in [1.82, 2.24) is 0 Å². The minimum absolute atomic E-state index is 0.152. The molecule has 0 aromatic carbocycles. The summed E-state index contributed by atoms with van der Waals surface area (Å²) in [6, 6.07) is 0. The van der Waals surface area contributed by atoms with Crippen LogP contribution in [0.4, 0.5) is 0 Å². The van der Waals surface area contributed by atoms with E-state index in [1.807, 2.05) is 0 Å². The molecule has 0 saturated heterocycles. The highest BCUT2D eigenvalue weighted by atomic mass is 16.5.